The molecule has 3 nitrogen and oxygen atoms in total. The fraction of sp³-hybridized carbons (Fsp3) is 0.765. The van der Waals surface area contributed by atoms with Gasteiger partial charge in [0.1, 0.15) is 18.8 Å². The summed E-state index contributed by atoms with van der Waals surface area (Å²) in [7, 11) is 0. The standard InChI is InChI=1S/C34H56O3/c1-3-33(36)28-22-17-13-9-5-4-7-11-15-20-26-32(2)27-21-16-12-8-6-10-14-18-23-29-34(37)30-24-19-25-31-35/h1,22,28,32-37H,4-18,20-21,23,26-27,29,31H2,2H3/b28-22+. The summed E-state index contributed by atoms with van der Waals surface area (Å²) in [6, 6.07) is 0. The largest absolute Gasteiger partial charge is 0.384 e. The van der Waals surface area contributed by atoms with Crippen LogP contribution in [0.1, 0.15) is 142 Å². The van der Waals surface area contributed by atoms with Crippen molar-refractivity contribution in [1.29, 1.82) is 0 Å². The molecule has 37 heavy (non-hydrogen) atoms. The highest BCUT2D eigenvalue weighted by Gasteiger charge is 2.03. The molecule has 0 rings (SSSR count). The molecule has 0 heterocycles. The fourth-order valence-corrected chi connectivity index (χ4v) is 4.58. The minimum absolute atomic E-state index is 0.185. The molecule has 0 aromatic carbocycles. The molecule has 0 bridgehead atoms. The fourth-order valence-electron chi connectivity index (χ4n) is 4.58. The van der Waals surface area contributed by atoms with Gasteiger partial charge in [-0.3, -0.25) is 0 Å². The van der Waals surface area contributed by atoms with Crippen molar-refractivity contribution < 1.29 is 15.3 Å². The van der Waals surface area contributed by atoms with E-state index < -0.39 is 12.2 Å². The van der Waals surface area contributed by atoms with Crippen LogP contribution in [0.5, 0.6) is 0 Å². The van der Waals surface area contributed by atoms with E-state index in [0.717, 1.165) is 25.2 Å². The molecule has 0 aliphatic heterocycles. The average Bonchev–Trinajstić information content (AvgIpc) is 2.90. The molecule has 210 valence electrons. The Labute approximate surface area is 229 Å². The molecule has 0 amide bonds. The Morgan fingerprint density at radius 2 is 1.11 bits per heavy atom. The van der Waals surface area contributed by atoms with Crippen LogP contribution >= 0.6 is 0 Å². The summed E-state index contributed by atoms with van der Waals surface area (Å²) in [6.45, 7) is 2.25. The van der Waals surface area contributed by atoms with Crippen LogP contribution in [0.3, 0.4) is 0 Å². The van der Waals surface area contributed by atoms with E-state index in [9.17, 15) is 10.2 Å². The highest BCUT2D eigenvalue weighted by Crippen LogP contribution is 2.19. The maximum atomic E-state index is 9.74. The van der Waals surface area contributed by atoms with Gasteiger partial charge in [0, 0.05) is 0 Å². The topological polar surface area (TPSA) is 60.7 Å². The maximum absolute atomic E-state index is 9.74. The zero-order valence-electron chi connectivity index (χ0n) is 23.9. The van der Waals surface area contributed by atoms with Crippen LogP contribution in [-0.4, -0.2) is 34.1 Å². The molecule has 0 radical (unpaired) electrons. The van der Waals surface area contributed by atoms with Crippen molar-refractivity contribution in [3.8, 4) is 36.0 Å². The number of hydrogen-bond donors (Lipinski definition) is 3. The number of aliphatic hydroxyl groups excluding tert-OH is 3. The number of terminal acetylenes is 1. The van der Waals surface area contributed by atoms with Gasteiger partial charge in [-0.1, -0.05) is 140 Å². The van der Waals surface area contributed by atoms with Crippen molar-refractivity contribution in [2.24, 2.45) is 5.92 Å². The SMILES string of the molecule is C#CC(O)/C=C/CCCCCCCCCCC(C)CCCCCCCCCCCC(O)C#CC#CCO. The number of hydrogen-bond acceptors (Lipinski definition) is 3. The van der Waals surface area contributed by atoms with E-state index in [1.165, 1.54) is 109 Å². The first-order valence-corrected chi connectivity index (χ1v) is 15.2. The zero-order valence-corrected chi connectivity index (χ0v) is 23.9. The van der Waals surface area contributed by atoms with Gasteiger partial charge in [-0.2, -0.15) is 0 Å². The normalized spacial score (nSPS) is 13.3. The second-order valence-electron chi connectivity index (χ2n) is 10.6. The lowest BCUT2D eigenvalue weighted by Gasteiger charge is -2.11. The van der Waals surface area contributed by atoms with E-state index >= 15 is 0 Å². The van der Waals surface area contributed by atoms with Crippen LogP contribution < -0.4 is 0 Å². The summed E-state index contributed by atoms with van der Waals surface area (Å²) in [5.74, 6) is 13.4. The van der Waals surface area contributed by atoms with Crippen molar-refractivity contribution in [2.45, 2.75) is 154 Å². The molecule has 3 N–H and O–H groups in total. The van der Waals surface area contributed by atoms with Gasteiger partial charge in [0.05, 0.1) is 0 Å². The maximum Gasteiger partial charge on any atom is 0.133 e. The monoisotopic (exact) mass is 512 g/mol. The first-order chi connectivity index (χ1) is 18.1. The second-order valence-corrected chi connectivity index (χ2v) is 10.6. The van der Waals surface area contributed by atoms with Crippen LogP contribution in [0, 0.1) is 41.9 Å². The summed E-state index contributed by atoms with van der Waals surface area (Å²) >= 11 is 0. The number of aliphatic hydroxyl groups is 3. The van der Waals surface area contributed by atoms with Crippen LogP contribution in [0.25, 0.3) is 0 Å². The first-order valence-electron chi connectivity index (χ1n) is 15.2. The molecule has 0 saturated heterocycles. The van der Waals surface area contributed by atoms with E-state index in [-0.39, 0.29) is 6.61 Å². The van der Waals surface area contributed by atoms with Crippen molar-refractivity contribution in [3.63, 3.8) is 0 Å². The average molecular weight is 513 g/mol. The molecule has 0 fully saturated rings. The molecule has 0 spiro atoms. The summed E-state index contributed by atoms with van der Waals surface area (Å²) in [5.41, 5.74) is 0. The molecule has 0 aliphatic rings. The van der Waals surface area contributed by atoms with Crippen molar-refractivity contribution in [2.75, 3.05) is 6.61 Å². The molecule has 3 unspecified atom stereocenters. The van der Waals surface area contributed by atoms with Crippen molar-refractivity contribution in [1.82, 2.24) is 0 Å². The molecule has 3 atom stereocenters. The van der Waals surface area contributed by atoms with Gasteiger partial charge in [0.15, 0.2) is 0 Å². The molecule has 0 saturated carbocycles. The second kappa shape index (κ2) is 28.9. The van der Waals surface area contributed by atoms with Gasteiger partial charge in [-0.25, -0.2) is 0 Å². The first kappa shape index (κ1) is 35.3. The Hall–Kier alpha value is -1.70. The van der Waals surface area contributed by atoms with Gasteiger partial charge in [0.2, 0.25) is 0 Å². The van der Waals surface area contributed by atoms with E-state index in [1.54, 1.807) is 6.08 Å². The van der Waals surface area contributed by atoms with Crippen LogP contribution in [0.15, 0.2) is 12.2 Å². The van der Waals surface area contributed by atoms with E-state index in [0.29, 0.717) is 6.42 Å². The Bertz CT molecular complexity index is 682. The summed E-state index contributed by atoms with van der Waals surface area (Å²) < 4.78 is 0. The lowest BCUT2D eigenvalue weighted by Crippen LogP contribution is -2.01. The van der Waals surface area contributed by atoms with Crippen LogP contribution in [0.2, 0.25) is 0 Å². The molecule has 0 aromatic rings. The lowest BCUT2D eigenvalue weighted by molar-refractivity contribution is 0.217. The number of rotatable bonds is 24. The van der Waals surface area contributed by atoms with Crippen LogP contribution in [0.4, 0.5) is 0 Å². The highest BCUT2D eigenvalue weighted by atomic mass is 16.3. The van der Waals surface area contributed by atoms with Crippen molar-refractivity contribution in [3.05, 3.63) is 12.2 Å². The predicted molar refractivity (Wildman–Crippen MR) is 159 cm³/mol. The summed E-state index contributed by atoms with van der Waals surface area (Å²) in [5, 5.41) is 27.5. The molecular formula is C34H56O3. The Kier molecular flexibility index (Phi) is 27.5. The smallest absolute Gasteiger partial charge is 0.133 e. The van der Waals surface area contributed by atoms with Gasteiger partial charge in [-0.05, 0) is 49.5 Å². The Balaban J connectivity index is 3.32. The minimum atomic E-state index is -0.722. The molecular weight excluding hydrogens is 456 g/mol. The number of unbranched alkanes of at least 4 members (excludes halogenated alkanes) is 16. The van der Waals surface area contributed by atoms with E-state index in [2.05, 4.69) is 36.5 Å². The van der Waals surface area contributed by atoms with Gasteiger partial charge >= 0.3 is 0 Å². The Morgan fingerprint density at radius 1 is 0.649 bits per heavy atom. The summed E-state index contributed by atoms with van der Waals surface area (Å²) in [4.78, 5) is 0. The van der Waals surface area contributed by atoms with Gasteiger partial charge in [0.25, 0.3) is 0 Å². The zero-order chi connectivity index (χ0) is 27.2. The van der Waals surface area contributed by atoms with Crippen LogP contribution in [-0.2, 0) is 0 Å². The summed E-state index contributed by atoms with van der Waals surface area (Å²) in [6.07, 6.45) is 34.3. The number of allylic oxidation sites excluding steroid dienone is 1. The van der Waals surface area contributed by atoms with Gasteiger partial charge < -0.3 is 15.3 Å². The highest BCUT2D eigenvalue weighted by molar-refractivity contribution is 5.27. The molecule has 0 aliphatic carbocycles. The Morgan fingerprint density at radius 3 is 1.59 bits per heavy atom. The molecule has 3 heteroatoms. The minimum Gasteiger partial charge on any atom is -0.384 e. The third-order valence-electron chi connectivity index (χ3n) is 6.95. The van der Waals surface area contributed by atoms with Gasteiger partial charge in [-0.15, -0.1) is 6.42 Å². The quantitative estimate of drug-likeness (QED) is 0.0704. The predicted octanol–water partition coefficient (Wildman–Crippen LogP) is 7.72. The van der Waals surface area contributed by atoms with E-state index in [4.69, 9.17) is 11.5 Å². The van der Waals surface area contributed by atoms with E-state index in [1.807, 2.05) is 6.08 Å². The molecule has 0 aromatic heterocycles. The lowest BCUT2D eigenvalue weighted by atomic mass is 9.95. The van der Waals surface area contributed by atoms with Crippen molar-refractivity contribution >= 4 is 0 Å². The third-order valence-corrected chi connectivity index (χ3v) is 6.95. The third kappa shape index (κ3) is 28.7.